The average Bonchev–Trinajstić information content (AvgIpc) is 2.63. The van der Waals surface area contributed by atoms with Crippen molar-refractivity contribution in [2.45, 2.75) is 136 Å². The molecule has 0 spiro atoms. The van der Waals surface area contributed by atoms with Gasteiger partial charge in [0.1, 0.15) is 0 Å². The summed E-state index contributed by atoms with van der Waals surface area (Å²) in [6.45, 7) is 8.90. The monoisotopic (exact) mass is 354 g/mol. The number of hydrogen-bond donors (Lipinski definition) is 0. The zero-order valence-corrected chi connectivity index (χ0v) is 18.1. The Balaban J connectivity index is 3.41. The molecule has 0 radical (unpaired) electrons. The van der Waals surface area contributed by atoms with Crippen LogP contribution in [0.3, 0.4) is 0 Å². The van der Waals surface area contributed by atoms with Gasteiger partial charge in [0, 0.05) is 13.2 Å². The largest absolute Gasteiger partial charge is 0.381 e. The minimum Gasteiger partial charge on any atom is -0.381 e. The van der Waals surface area contributed by atoms with E-state index in [9.17, 15) is 0 Å². The van der Waals surface area contributed by atoms with Crippen LogP contribution in [-0.2, 0) is 4.74 Å². The van der Waals surface area contributed by atoms with E-state index in [0.29, 0.717) is 0 Å². The van der Waals surface area contributed by atoms with Crippen molar-refractivity contribution in [3.8, 4) is 0 Å². The van der Waals surface area contributed by atoms with Crippen molar-refractivity contribution in [1.82, 2.24) is 0 Å². The van der Waals surface area contributed by atoms with Crippen LogP contribution in [0.4, 0.5) is 0 Å². The van der Waals surface area contributed by atoms with Gasteiger partial charge in [-0.25, -0.2) is 0 Å². The average molecular weight is 355 g/mol. The van der Waals surface area contributed by atoms with Crippen LogP contribution in [-0.4, -0.2) is 13.2 Å². The summed E-state index contributed by atoms with van der Waals surface area (Å²) < 4.78 is 6.02. The molecule has 0 amide bonds. The van der Waals surface area contributed by atoms with E-state index in [4.69, 9.17) is 4.74 Å². The molecular formula is C24H50O. The van der Waals surface area contributed by atoms with E-state index in [0.717, 1.165) is 19.1 Å². The molecule has 0 aliphatic carbocycles. The SMILES string of the molecule is CCCCCCCCCCCCOCC(CCCC)CCCCCC. The summed E-state index contributed by atoms with van der Waals surface area (Å²) in [4.78, 5) is 0. The van der Waals surface area contributed by atoms with E-state index in [1.807, 2.05) is 0 Å². The molecule has 0 aromatic carbocycles. The second kappa shape index (κ2) is 22.0. The van der Waals surface area contributed by atoms with E-state index in [2.05, 4.69) is 20.8 Å². The van der Waals surface area contributed by atoms with Crippen LogP contribution in [0.1, 0.15) is 136 Å². The summed E-state index contributed by atoms with van der Waals surface area (Å²) in [6.07, 6.45) is 25.1. The van der Waals surface area contributed by atoms with Gasteiger partial charge in [-0.2, -0.15) is 0 Å². The third-order valence-corrected chi connectivity index (χ3v) is 5.43. The van der Waals surface area contributed by atoms with Gasteiger partial charge in [0.2, 0.25) is 0 Å². The normalized spacial score (nSPS) is 12.6. The Morgan fingerprint density at radius 2 is 0.920 bits per heavy atom. The summed E-state index contributed by atoms with van der Waals surface area (Å²) in [6, 6.07) is 0. The van der Waals surface area contributed by atoms with Crippen LogP contribution < -0.4 is 0 Å². The summed E-state index contributed by atoms with van der Waals surface area (Å²) in [5, 5.41) is 0. The van der Waals surface area contributed by atoms with Crippen LogP contribution in [0.2, 0.25) is 0 Å². The molecule has 0 aromatic rings. The summed E-state index contributed by atoms with van der Waals surface area (Å²) in [7, 11) is 0. The fourth-order valence-electron chi connectivity index (χ4n) is 3.61. The van der Waals surface area contributed by atoms with Crippen LogP contribution in [0.15, 0.2) is 0 Å². The Hall–Kier alpha value is -0.0400. The Morgan fingerprint density at radius 3 is 1.48 bits per heavy atom. The van der Waals surface area contributed by atoms with Gasteiger partial charge < -0.3 is 4.74 Å². The van der Waals surface area contributed by atoms with Crippen molar-refractivity contribution in [3.63, 3.8) is 0 Å². The van der Waals surface area contributed by atoms with Crippen LogP contribution in [0, 0.1) is 5.92 Å². The fraction of sp³-hybridized carbons (Fsp3) is 1.00. The second-order valence-electron chi connectivity index (χ2n) is 8.11. The minimum atomic E-state index is 0.819. The van der Waals surface area contributed by atoms with Crippen LogP contribution in [0.25, 0.3) is 0 Å². The first kappa shape index (κ1) is 25.0. The molecule has 0 rings (SSSR count). The summed E-state index contributed by atoms with van der Waals surface area (Å²) >= 11 is 0. The van der Waals surface area contributed by atoms with E-state index in [1.54, 1.807) is 0 Å². The lowest BCUT2D eigenvalue weighted by molar-refractivity contribution is 0.0881. The highest BCUT2D eigenvalue weighted by molar-refractivity contribution is 4.59. The molecule has 0 bridgehead atoms. The molecule has 0 heterocycles. The van der Waals surface area contributed by atoms with Crippen molar-refractivity contribution in [2.75, 3.05) is 13.2 Å². The van der Waals surface area contributed by atoms with E-state index < -0.39 is 0 Å². The summed E-state index contributed by atoms with van der Waals surface area (Å²) in [5.74, 6) is 0.819. The van der Waals surface area contributed by atoms with Gasteiger partial charge in [0.05, 0.1) is 0 Å². The molecule has 0 aliphatic heterocycles. The smallest absolute Gasteiger partial charge is 0.0494 e. The van der Waals surface area contributed by atoms with E-state index >= 15 is 0 Å². The molecular weight excluding hydrogens is 304 g/mol. The highest BCUT2D eigenvalue weighted by Crippen LogP contribution is 2.18. The van der Waals surface area contributed by atoms with Crippen molar-refractivity contribution in [1.29, 1.82) is 0 Å². The highest BCUT2D eigenvalue weighted by atomic mass is 16.5. The van der Waals surface area contributed by atoms with Gasteiger partial charge in [-0.05, 0) is 25.2 Å². The predicted octanol–water partition coefficient (Wildman–Crippen LogP) is 8.70. The number of rotatable bonds is 21. The second-order valence-corrected chi connectivity index (χ2v) is 8.11. The number of unbranched alkanes of at least 4 members (excludes halogenated alkanes) is 13. The van der Waals surface area contributed by atoms with Gasteiger partial charge in [-0.3, -0.25) is 0 Å². The molecule has 25 heavy (non-hydrogen) atoms. The molecule has 152 valence electrons. The van der Waals surface area contributed by atoms with E-state index in [-0.39, 0.29) is 0 Å². The lowest BCUT2D eigenvalue weighted by atomic mass is 9.96. The maximum atomic E-state index is 6.02. The van der Waals surface area contributed by atoms with Gasteiger partial charge in [0.15, 0.2) is 0 Å². The van der Waals surface area contributed by atoms with E-state index in [1.165, 1.54) is 116 Å². The molecule has 1 nitrogen and oxygen atoms in total. The number of hydrogen-bond acceptors (Lipinski definition) is 1. The molecule has 1 heteroatoms. The van der Waals surface area contributed by atoms with Crippen molar-refractivity contribution >= 4 is 0 Å². The Labute approximate surface area is 160 Å². The first-order valence-corrected chi connectivity index (χ1v) is 11.9. The van der Waals surface area contributed by atoms with Crippen LogP contribution >= 0.6 is 0 Å². The molecule has 0 aliphatic rings. The zero-order chi connectivity index (χ0) is 18.4. The summed E-state index contributed by atoms with van der Waals surface area (Å²) in [5.41, 5.74) is 0. The third-order valence-electron chi connectivity index (χ3n) is 5.43. The lowest BCUT2D eigenvalue weighted by Crippen LogP contribution is -2.11. The standard InChI is InChI=1S/C24H50O/c1-4-7-10-12-13-14-15-16-17-19-22-25-23-24(20-9-6-3)21-18-11-8-5-2/h24H,4-23H2,1-3H3. The lowest BCUT2D eigenvalue weighted by Gasteiger charge is -2.17. The van der Waals surface area contributed by atoms with Gasteiger partial charge in [-0.15, -0.1) is 0 Å². The molecule has 0 N–H and O–H groups in total. The van der Waals surface area contributed by atoms with Crippen molar-refractivity contribution < 1.29 is 4.74 Å². The van der Waals surface area contributed by atoms with Gasteiger partial charge in [-0.1, -0.05) is 117 Å². The van der Waals surface area contributed by atoms with Gasteiger partial charge in [0.25, 0.3) is 0 Å². The topological polar surface area (TPSA) is 9.23 Å². The maximum absolute atomic E-state index is 6.02. The molecule has 0 saturated carbocycles. The quantitative estimate of drug-likeness (QED) is 0.187. The Morgan fingerprint density at radius 1 is 0.480 bits per heavy atom. The highest BCUT2D eigenvalue weighted by Gasteiger charge is 2.08. The van der Waals surface area contributed by atoms with Crippen molar-refractivity contribution in [3.05, 3.63) is 0 Å². The number of ether oxygens (including phenoxy) is 1. The molecule has 1 unspecified atom stereocenters. The Kier molecular flexibility index (Phi) is 22.0. The maximum Gasteiger partial charge on any atom is 0.0494 e. The molecule has 0 fully saturated rings. The predicted molar refractivity (Wildman–Crippen MR) is 114 cm³/mol. The molecule has 0 saturated heterocycles. The Bertz CT molecular complexity index is 226. The molecule has 1 atom stereocenters. The first-order valence-electron chi connectivity index (χ1n) is 11.9. The zero-order valence-electron chi connectivity index (χ0n) is 18.1. The van der Waals surface area contributed by atoms with Crippen LogP contribution in [0.5, 0.6) is 0 Å². The fourth-order valence-corrected chi connectivity index (χ4v) is 3.61. The van der Waals surface area contributed by atoms with Gasteiger partial charge >= 0.3 is 0 Å². The first-order chi connectivity index (χ1) is 12.3. The van der Waals surface area contributed by atoms with Crippen molar-refractivity contribution in [2.24, 2.45) is 5.92 Å². The minimum absolute atomic E-state index is 0.819. The molecule has 0 aromatic heterocycles. The third kappa shape index (κ3) is 20.1.